The molecule has 0 heterocycles. The summed E-state index contributed by atoms with van der Waals surface area (Å²) >= 11 is 0. The number of likely N-dealkylation sites (N-methyl/N-ethyl adjacent to an activating group) is 1. The van der Waals surface area contributed by atoms with Crippen LogP contribution in [0.1, 0.15) is 34.6 Å². The summed E-state index contributed by atoms with van der Waals surface area (Å²) in [6, 6.07) is 0. The Morgan fingerprint density at radius 3 is 2.20 bits per heavy atom. The molecular formula is C13H23NO6. The van der Waals surface area contributed by atoms with Gasteiger partial charge in [-0.15, -0.1) is 0 Å². The fourth-order valence-corrected chi connectivity index (χ4v) is 1.14. The van der Waals surface area contributed by atoms with Crippen LogP contribution in [0.2, 0.25) is 0 Å². The van der Waals surface area contributed by atoms with Gasteiger partial charge in [-0.05, 0) is 34.6 Å². The van der Waals surface area contributed by atoms with E-state index in [-0.39, 0.29) is 13.2 Å². The van der Waals surface area contributed by atoms with Gasteiger partial charge in [0, 0.05) is 7.05 Å². The number of carbonyl (C=O) groups excluding carboxylic acids is 3. The molecule has 0 radical (unpaired) electrons. The van der Waals surface area contributed by atoms with Gasteiger partial charge in [0.1, 0.15) is 12.1 Å². The van der Waals surface area contributed by atoms with Crippen molar-refractivity contribution in [3.8, 4) is 0 Å². The first-order chi connectivity index (χ1) is 9.06. The number of rotatable bonds is 5. The number of ether oxygens (including phenoxy) is 3. The Hall–Kier alpha value is -1.79. The number of hydrogen-bond acceptors (Lipinski definition) is 6. The van der Waals surface area contributed by atoms with Crippen molar-refractivity contribution in [3.63, 3.8) is 0 Å². The van der Waals surface area contributed by atoms with Crippen molar-refractivity contribution in [1.29, 1.82) is 0 Å². The molecule has 0 bridgehead atoms. The zero-order chi connectivity index (χ0) is 15.9. The highest BCUT2D eigenvalue weighted by Crippen LogP contribution is 2.09. The number of nitrogens with zero attached hydrogens (tertiary/aromatic N) is 1. The van der Waals surface area contributed by atoms with Crippen LogP contribution in [0, 0.1) is 0 Å². The van der Waals surface area contributed by atoms with Gasteiger partial charge >= 0.3 is 18.0 Å². The first kappa shape index (κ1) is 18.2. The molecule has 0 aromatic carbocycles. The molecule has 0 saturated carbocycles. The van der Waals surface area contributed by atoms with Crippen molar-refractivity contribution in [1.82, 2.24) is 4.90 Å². The van der Waals surface area contributed by atoms with Crippen molar-refractivity contribution < 1.29 is 28.6 Å². The van der Waals surface area contributed by atoms with Gasteiger partial charge in [0.15, 0.2) is 6.10 Å². The molecule has 0 aliphatic heterocycles. The first-order valence-corrected chi connectivity index (χ1v) is 6.37. The van der Waals surface area contributed by atoms with E-state index in [4.69, 9.17) is 14.2 Å². The summed E-state index contributed by atoms with van der Waals surface area (Å²) in [7, 11) is 1.41. The third kappa shape index (κ3) is 7.60. The molecule has 0 aliphatic carbocycles. The molecule has 0 aromatic heterocycles. The predicted molar refractivity (Wildman–Crippen MR) is 71.1 cm³/mol. The lowest BCUT2D eigenvalue weighted by molar-refractivity contribution is -0.166. The maximum Gasteiger partial charge on any atom is 0.410 e. The minimum absolute atomic E-state index is 0.207. The molecule has 0 aromatic rings. The molecular weight excluding hydrogens is 266 g/mol. The third-order valence-corrected chi connectivity index (χ3v) is 2.00. The van der Waals surface area contributed by atoms with Crippen LogP contribution in [0.15, 0.2) is 0 Å². The first-order valence-electron chi connectivity index (χ1n) is 6.37. The van der Waals surface area contributed by atoms with Crippen molar-refractivity contribution in [2.75, 3.05) is 20.2 Å². The monoisotopic (exact) mass is 289 g/mol. The lowest BCUT2D eigenvalue weighted by Crippen LogP contribution is -2.39. The highest BCUT2D eigenvalue weighted by Gasteiger charge is 2.24. The van der Waals surface area contributed by atoms with E-state index in [1.165, 1.54) is 14.0 Å². The van der Waals surface area contributed by atoms with Crippen molar-refractivity contribution in [3.05, 3.63) is 0 Å². The maximum atomic E-state index is 11.6. The smallest absolute Gasteiger partial charge is 0.410 e. The minimum Gasteiger partial charge on any atom is -0.463 e. The van der Waals surface area contributed by atoms with Crippen LogP contribution in [0.25, 0.3) is 0 Å². The molecule has 0 aliphatic rings. The fraction of sp³-hybridized carbons (Fsp3) is 0.769. The zero-order valence-corrected chi connectivity index (χ0v) is 12.9. The van der Waals surface area contributed by atoms with E-state index in [2.05, 4.69) is 0 Å². The predicted octanol–water partition coefficient (Wildman–Crippen LogP) is 1.35. The van der Waals surface area contributed by atoms with Gasteiger partial charge < -0.3 is 19.1 Å². The minimum atomic E-state index is -1.01. The number of carbonyl (C=O) groups is 3. The standard InChI is InChI=1S/C13H23NO6/c1-7-18-11(16)9(2)19-10(15)8-14(6)12(17)20-13(3,4)5/h9H,7-8H2,1-6H3/t9-/m0/s1. The van der Waals surface area contributed by atoms with E-state index in [1.54, 1.807) is 27.7 Å². The van der Waals surface area contributed by atoms with Gasteiger partial charge in [-0.25, -0.2) is 9.59 Å². The van der Waals surface area contributed by atoms with Gasteiger partial charge in [-0.3, -0.25) is 4.79 Å². The Morgan fingerprint density at radius 2 is 1.75 bits per heavy atom. The Bertz CT molecular complexity index is 360. The number of amides is 1. The SMILES string of the molecule is CCOC(=O)[C@H](C)OC(=O)CN(C)C(=O)OC(C)(C)C. The number of esters is 2. The lowest BCUT2D eigenvalue weighted by atomic mass is 10.2. The molecule has 0 N–H and O–H groups in total. The second-order valence-electron chi connectivity index (χ2n) is 5.22. The second-order valence-corrected chi connectivity index (χ2v) is 5.22. The molecule has 1 amide bonds. The van der Waals surface area contributed by atoms with E-state index < -0.39 is 29.7 Å². The molecule has 0 fully saturated rings. The Labute approximate surface area is 119 Å². The summed E-state index contributed by atoms with van der Waals surface area (Å²) in [5, 5.41) is 0. The molecule has 7 heteroatoms. The summed E-state index contributed by atoms with van der Waals surface area (Å²) in [4.78, 5) is 35.5. The highest BCUT2D eigenvalue weighted by atomic mass is 16.6. The molecule has 0 saturated heterocycles. The van der Waals surface area contributed by atoms with Gasteiger partial charge in [-0.2, -0.15) is 0 Å². The topological polar surface area (TPSA) is 82.1 Å². The van der Waals surface area contributed by atoms with Crippen LogP contribution < -0.4 is 0 Å². The average Bonchev–Trinajstić information content (AvgIpc) is 2.26. The van der Waals surface area contributed by atoms with Crippen molar-refractivity contribution in [2.24, 2.45) is 0 Å². The van der Waals surface area contributed by atoms with Crippen LogP contribution in [0.5, 0.6) is 0 Å². The molecule has 0 rings (SSSR count). The Kier molecular flexibility index (Phi) is 7.02. The van der Waals surface area contributed by atoms with E-state index in [0.717, 1.165) is 4.90 Å². The average molecular weight is 289 g/mol. The van der Waals surface area contributed by atoms with E-state index in [0.29, 0.717) is 0 Å². The number of hydrogen-bond donors (Lipinski definition) is 0. The zero-order valence-electron chi connectivity index (χ0n) is 12.9. The maximum absolute atomic E-state index is 11.6. The summed E-state index contributed by atoms with van der Waals surface area (Å²) in [5.74, 6) is -1.33. The molecule has 0 spiro atoms. The Morgan fingerprint density at radius 1 is 1.20 bits per heavy atom. The van der Waals surface area contributed by atoms with Gasteiger partial charge in [0.25, 0.3) is 0 Å². The normalized spacial score (nSPS) is 12.3. The highest BCUT2D eigenvalue weighted by molar-refractivity contribution is 5.82. The summed E-state index contributed by atoms with van der Waals surface area (Å²) in [6.07, 6.45) is -1.65. The summed E-state index contributed by atoms with van der Waals surface area (Å²) < 4.78 is 14.6. The van der Waals surface area contributed by atoms with Crippen LogP contribution >= 0.6 is 0 Å². The van der Waals surface area contributed by atoms with Gasteiger partial charge in [0.05, 0.1) is 6.61 Å². The van der Waals surface area contributed by atoms with E-state index >= 15 is 0 Å². The van der Waals surface area contributed by atoms with Crippen molar-refractivity contribution >= 4 is 18.0 Å². The largest absolute Gasteiger partial charge is 0.463 e. The fourth-order valence-electron chi connectivity index (χ4n) is 1.14. The summed E-state index contributed by atoms with van der Waals surface area (Å²) in [5.41, 5.74) is -0.645. The van der Waals surface area contributed by atoms with Crippen LogP contribution in [-0.4, -0.2) is 54.8 Å². The van der Waals surface area contributed by atoms with Crippen LogP contribution in [0.3, 0.4) is 0 Å². The van der Waals surface area contributed by atoms with Crippen LogP contribution in [0.4, 0.5) is 4.79 Å². The van der Waals surface area contributed by atoms with Gasteiger partial charge in [-0.1, -0.05) is 0 Å². The van der Waals surface area contributed by atoms with E-state index in [9.17, 15) is 14.4 Å². The molecule has 0 unspecified atom stereocenters. The van der Waals surface area contributed by atoms with Crippen molar-refractivity contribution in [2.45, 2.75) is 46.3 Å². The van der Waals surface area contributed by atoms with Crippen LogP contribution in [-0.2, 0) is 23.8 Å². The molecule has 20 heavy (non-hydrogen) atoms. The molecule has 1 atom stereocenters. The molecule has 7 nitrogen and oxygen atoms in total. The second kappa shape index (κ2) is 7.72. The Balaban J connectivity index is 4.26. The van der Waals surface area contributed by atoms with E-state index in [1.807, 2.05) is 0 Å². The quantitative estimate of drug-likeness (QED) is 0.561. The summed E-state index contributed by atoms with van der Waals surface area (Å²) in [6.45, 7) is 8.13. The third-order valence-electron chi connectivity index (χ3n) is 2.00. The molecule has 116 valence electrons. The lowest BCUT2D eigenvalue weighted by Gasteiger charge is -2.24. The van der Waals surface area contributed by atoms with Gasteiger partial charge in [0.2, 0.25) is 0 Å².